The highest BCUT2D eigenvalue weighted by Crippen LogP contribution is 2.35. The predicted molar refractivity (Wildman–Crippen MR) is 98.2 cm³/mol. The van der Waals surface area contributed by atoms with Crippen LogP contribution in [-0.4, -0.2) is 48.2 Å². The second-order valence-electron chi connectivity index (χ2n) is 5.61. The number of ether oxygens (including phenoxy) is 1. The lowest BCUT2D eigenvalue weighted by Gasteiger charge is -2.17. The minimum Gasteiger partial charge on any atom is -0.467 e. The fourth-order valence-electron chi connectivity index (χ4n) is 2.33. The molecule has 10 nitrogen and oxygen atoms in total. The van der Waals surface area contributed by atoms with E-state index in [0.717, 1.165) is 11.8 Å². The highest BCUT2D eigenvalue weighted by molar-refractivity contribution is 8.00. The van der Waals surface area contributed by atoms with Gasteiger partial charge in [0, 0.05) is 6.20 Å². The Morgan fingerprint density at radius 2 is 2.10 bits per heavy atom. The molecule has 29 heavy (non-hydrogen) atoms. The molecule has 1 amide bonds. The molecule has 0 fully saturated rings. The molecule has 0 unspecified atom stereocenters. The number of fused-ring (bicyclic) bond motifs is 1. The highest BCUT2D eigenvalue weighted by Gasteiger charge is 2.36. The Labute approximate surface area is 165 Å². The number of carbonyl (C=O) groups is 1. The summed E-state index contributed by atoms with van der Waals surface area (Å²) in [5.41, 5.74) is 5.25. The Morgan fingerprint density at radius 1 is 1.34 bits per heavy atom. The van der Waals surface area contributed by atoms with Gasteiger partial charge in [0.15, 0.2) is 11.5 Å². The number of nitrogens with one attached hydrogen (secondary N) is 2. The molecule has 154 valence electrons. The molecule has 1 atom stereocenters. The molecule has 0 saturated carbocycles. The van der Waals surface area contributed by atoms with Gasteiger partial charge in [-0.05, 0) is 6.42 Å². The number of hydrogen-bond acceptors (Lipinski definition) is 9. The average molecular weight is 428 g/mol. The number of halogens is 3. The third-order valence-corrected chi connectivity index (χ3v) is 5.03. The normalized spacial score (nSPS) is 12.7. The molecule has 0 aliphatic carbocycles. The Kier molecular flexibility index (Phi) is 5.72. The number of carbonyl (C=O) groups excluding carboxylic acids is 1. The molecule has 0 aromatic carbocycles. The standard InChI is InChI=1S/C15H15F3N8O2S/c1-3-7(29-12-8-10(22-5-21-8)24-13(19)26-12)11(27)23-9-6(15(16,17)18)4-20-14(25-9)28-2/h4-5,7H,3H2,1-2H3,(H,20,23,25,27)(H3,19,21,22,24,26)/t7-/m0/s1. The number of hydrogen-bond donors (Lipinski definition) is 3. The van der Waals surface area contributed by atoms with Crippen LogP contribution in [0.1, 0.15) is 18.9 Å². The van der Waals surface area contributed by atoms with Gasteiger partial charge in [-0.25, -0.2) is 15.0 Å². The summed E-state index contributed by atoms with van der Waals surface area (Å²) in [5, 5.41) is 1.76. The van der Waals surface area contributed by atoms with Crippen LogP contribution in [0, 0.1) is 0 Å². The van der Waals surface area contributed by atoms with Gasteiger partial charge in [-0.2, -0.15) is 23.1 Å². The van der Waals surface area contributed by atoms with Gasteiger partial charge in [0.05, 0.1) is 18.7 Å². The average Bonchev–Trinajstić information content (AvgIpc) is 3.13. The maximum absolute atomic E-state index is 13.2. The molecular formula is C15H15F3N8O2S. The van der Waals surface area contributed by atoms with Crippen LogP contribution in [0.15, 0.2) is 17.6 Å². The van der Waals surface area contributed by atoms with Crippen LogP contribution in [0.2, 0.25) is 0 Å². The number of methoxy groups -OCH3 is 1. The number of H-pyrrole nitrogens is 1. The molecule has 14 heteroatoms. The van der Waals surface area contributed by atoms with Gasteiger partial charge < -0.3 is 20.8 Å². The zero-order valence-electron chi connectivity index (χ0n) is 15.1. The van der Waals surface area contributed by atoms with Crippen molar-refractivity contribution in [3.63, 3.8) is 0 Å². The topological polar surface area (TPSA) is 145 Å². The zero-order chi connectivity index (χ0) is 21.2. The first-order valence-electron chi connectivity index (χ1n) is 8.15. The maximum atomic E-state index is 13.2. The van der Waals surface area contributed by atoms with E-state index >= 15 is 0 Å². The Hall–Kier alpha value is -3.16. The van der Waals surface area contributed by atoms with Crippen molar-refractivity contribution >= 4 is 40.6 Å². The van der Waals surface area contributed by atoms with Crippen LogP contribution < -0.4 is 15.8 Å². The largest absolute Gasteiger partial charge is 0.467 e. The summed E-state index contributed by atoms with van der Waals surface area (Å²) in [6.45, 7) is 1.71. The van der Waals surface area contributed by atoms with Crippen molar-refractivity contribution in [2.75, 3.05) is 18.2 Å². The van der Waals surface area contributed by atoms with Gasteiger partial charge in [-0.15, -0.1) is 0 Å². The van der Waals surface area contributed by atoms with Crippen LogP contribution >= 0.6 is 11.8 Å². The van der Waals surface area contributed by atoms with Crippen LogP contribution in [0.3, 0.4) is 0 Å². The number of imidazole rings is 1. The van der Waals surface area contributed by atoms with Crippen LogP contribution in [0.4, 0.5) is 24.9 Å². The van der Waals surface area contributed by atoms with Crippen molar-refractivity contribution in [1.29, 1.82) is 0 Å². The maximum Gasteiger partial charge on any atom is 0.421 e. The van der Waals surface area contributed by atoms with E-state index in [0.29, 0.717) is 28.8 Å². The van der Waals surface area contributed by atoms with Crippen molar-refractivity contribution in [2.24, 2.45) is 0 Å². The SMILES string of the molecule is CC[C@H](Sc1nc(N)nc2nc[nH]c12)C(=O)Nc1nc(OC)ncc1C(F)(F)F. The number of nitrogen functional groups attached to an aromatic ring is 1. The molecule has 3 aromatic heterocycles. The van der Waals surface area contributed by atoms with Gasteiger partial charge in [0.25, 0.3) is 0 Å². The molecule has 0 spiro atoms. The quantitative estimate of drug-likeness (QED) is 0.398. The summed E-state index contributed by atoms with van der Waals surface area (Å²) in [6, 6.07) is -0.309. The van der Waals surface area contributed by atoms with E-state index in [1.54, 1.807) is 6.92 Å². The zero-order valence-corrected chi connectivity index (χ0v) is 15.9. The fraction of sp³-hybridized carbons (Fsp3) is 0.333. The number of nitrogens with two attached hydrogens (primary N) is 1. The van der Waals surface area contributed by atoms with Gasteiger partial charge >= 0.3 is 12.2 Å². The lowest BCUT2D eigenvalue weighted by Crippen LogP contribution is -2.27. The van der Waals surface area contributed by atoms with Crippen LogP contribution in [0.25, 0.3) is 11.2 Å². The lowest BCUT2D eigenvalue weighted by atomic mass is 10.2. The summed E-state index contributed by atoms with van der Waals surface area (Å²) in [4.78, 5) is 34.6. The summed E-state index contributed by atoms with van der Waals surface area (Å²) >= 11 is 1.02. The molecule has 0 aliphatic rings. The van der Waals surface area contributed by atoms with Crippen molar-refractivity contribution in [2.45, 2.75) is 29.8 Å². The van der Waals surface area contributed by atoms with Crippen molar-refractivity contribution < 1.29 is 22.7 Å². The van der Waals surface area contributed by atoms with Crippen molar-refractivity contribution in [3.8, 4) is 6.01 Å². The second-order valence-corrected chi connectivity index (χ2v) is 6.80. The molecule has 0 saturated heterocycles. The predicted octanol–water partition coefficient (Wildman–Crippen LogP) is 2.26. The molecule has 0 bridgehead atoms. The van der Waals surface area contributed by atoms with E-state index in [4.69, 9.17) is 10.5 Å². The number of nitrogens with zero attached hydrogens (tertiary/aromatic N) is 5. The van der Waals surface area contributed by atoms with Crippen LogP contribution in [-0.2, 0) is 11.0 Å². The monoisotopic (exact) mass is 428 g/mol. The highest BCUT2D eigenvalue weighted by atomic mass is 32.2. The lowest BCUT2D eigenvalue weighted by molar-refractivity contribution is -0.137. The Morgan fingerprint density at radius 3 is 2.76 bits per heavy atom. The van der Waals surface area contributed by atoms with Crippen molar-refractivity contribution in [3.05, 3.63) is 18.1 Å². The third-order valence-electron chi connectivity index (χ3n) is 3.68. The molecule has 3 heterocycles. The number of aromatic nitrogens is 6. The minimum absolute atomic E-state index is 0.0396. The van der Waals surface area contributed by atoms with Crippen molar-refractivity contribution in [1.82, 2.24) is 29.9 Å². The first kappa shape index (κ1) is 20.6. The molecular weight excluding hydrogens is 413 g/mol. The van der Waals surface area contributed by atoms with Gasteiger partial charge in [-0.1, -0.05) is 18.7 Å². The van der Waals surface area contributed by atoms with E-state index < -0.39 is 28.7 Å². The number of rotatable bonds is 6. The number of anilines is 2. The first-order chi connectivity index (χ1) is 13.7. The van der Waals surface area contributed by atoms with E-state index in [9.17, 15) is 18.0 Å². The van der Waals surface area contributed by atoms with Crippen LogP contribution in [0.5, 0.6) is 6.01 Å². The van der Waals surface area contributed by atoms with Gasteiger partial charge in [0.1, 0.15) is 16.1 Å². The molecule has 3 rings (SSSR count). The Bertz CT molecular complexity index is 1040. The fourth-order valence-corrected chi connectivity index (χ4v) is 3.35. The second kappa shape index (κ2) is 8.06. The molecule has 0 aliphatic heterocycles. The Balaban J connectivity index is 1.88. The number of aromatic amines is 1. The minimum atomic E-state index is -4.76. The molecule has 0 radical (unpaired) electrons. The van der Waals surface area contributed by atoms with Gasteiger partial charge in [0.2, 0.25) is 11.9 Å². The number of alkyl halides is 3. The summed E-state index contributed by atoms with van der Waals surface area (Å²) in [6.07, 6.45) is -2.52. The summed E-state index contributed by atoms with van der Waals surface area (Å²) < 4.78 is 44.4. The molecule has 3 aromatic rings. The first-order valence-corrected chi connectivity index (χ1v) is 9.03. The third kappa shape index (κ3) is 4.47. The summed E-state index contributed by atoms with van der Waals surface area (Å²) in [7, 11) is 1.20. The van der Waals surface area contributed by atoms with E-state index in [-0.39, 0.29) is 12.0 Å². The van der Waals surface area contributed by atoms with Gasteiger partial charge in [-0.3, -0.25) is 4.79 Å². The number of amides is 1. The van der Waals surface area contributed by atoms with E-state index in [1.807, 2.05) is 0 Å². The van der Waals surface area contributed by atoms with E-state index in [2.05, 4.69) is 35.2 Å². The smallest absolute Gasteiger partial charge is 0.421 e. The van der Waals surface area contributed by atoms with E-state index in [1.165, 1.54) is 13.4 Å². The number of thioether (sulfide) groups is 1. The molecule has 4 N–H and O–H groups in total. The summed E-state index contributed by atoms with van der Waals surface area (Å²) in [5.74, 6) is -1.43.